The van der Waals surface area contributed by atoms with Gasteiger partial charge in [0, 0.05) is 5.75 Å². The fourth-order valence-electron chi connectivity index (χ4n) is 1.38. The molecule has 1 heterocycles. The number of thioether (sulfide) groups is 1. The van der Waals surface area contributed by atoms with Gasteiger partial charge in [0.15, 0.2) is 0 Å². The van der Waals surface area contributed by atoms with Gasteiger partial charge < -0.3 is 5.73 Å². The van der Waals surface area contributed by atoms with Crippen molar-refractivity contribution >= 4 is 23.1 Å². The summed E-state index contributed by atoms with van der Waals surface area (Å²) in [6.45, 7) is 0. The van der Waals surface area contributed by atoms with Crippen LogP contribution < -0.4 is 5.73 Å². The van der Waals surface area contributed by atoms with Crippen LogP contribution in [0.2, 0.25) is 0 Å². The SMILES string of the molecule is CSCc1nnc(C(N)c2ccccc2)s1. The highest BCUT2D eigenvalue weighted by atomic mass is 32.2. The predicted octanol–water partition coefficient (Wildman–Crippen LogP) is 2.45. The van der Waals surface area contributed by atoms with Crippen molar-refractivity contribution in [3.8, 4) is 0 Å². The molecule has 0 aliphatic rings. The van der Waals surface area contributed by atoms with Crippen molar-refractivity contribution in [2.24, 2.45) is 5.73 Å². The molecule has 0 saturated heterocycles. The van der Waals surface area contributed by atoms with E-state index in [1.165, 1.54) is 0 Å². The van der Waals surface area contributed by atoms with Gasteiger partial charge in [-0.2, -0.15) is 11.8 Å². The average molecular weight is 251 g/mol. The van der Waals surface area contributed by atoms with Crippen LogP contribution in [-0.2, 0) is 5.75 Å². The molecule has 0 aliphatic heterocycles. The van der Waals surface area contributed by atoms with E-state index >= 15 is 0 Å². The molecule has 0 saturated carbocycles. The van der Waals surface area contributed by atoms with Crippen molar-refractivity contribution in [3.63, 3.8) is 0 Å². The van der Waals surface area contributed by atoms with Gasteiger partial charge in [-0.05, 0) is 11.8 Å². The molecule has 0 spiro atoms. The Morgan fingerprint density at radius 3 is 2.75 bits per heavy atom. The molecule has 5 heteroatoms. The number of aromatic nitrogens is 2. The minimum Gasteiger partial charge on any atom is -0.318 e. The molecule has 2 aromatic rings. The van der Waals surface area contributed by atoms with Crippen molar-refractivity contribution in [2.45, 2.75) is 11.8 Å². The summed E-state index contributed by atoms with van der Waals surface area (Å²) in [6, 6.07) is 9.82. The van der Waals surface area contributed by atoms with Gasteiger partial charge in [-0.25, -0.2) is 0 Å². The molecular weight excluding hydrogens is 238 g/mol. The van der Waals surface area contributed by atoms with Crippen LogP contribution in [0.5, 0.6) is 0 Å². The first-order valence-electron chi connectivity index (χ1n) is 4.93. The number of benzene rings is 1. The highest BCUT2D eigenvalue weighted by Crippen LogP contribution is 2.23. The van der Waals surface area contributed by atoms with E-state index in [0.29, 0.717) is 0 Å². The molecule has 0 amide bonds. The molecule has 1 unspecified atom stereocenters. The molecule has 1 aromatic carbocycles. The van der Waals surface area contributed by atoms with Crippen molar-refractivity contribution < 1.29 is 0 Å². The lowest BCUT2D eigenvalue weighted by atomic mass is 10.1. The molecule has 1 atom stereocenters. The Morgan fingerprint density at radius 1 is 1.31 bits per heavy atom. The highest BCUT2D eigenvalue weighted by Gasteiger charge is 2.13. The fourth-order valence-corrected chi connectivity index (χ4v) is 2.94. The first-order chi connectivity index (χ1) is 7.81. The number of nitrogens with zero attached hydrogens (tertiary/aromatic N) is 2. The predicted molar refractivity (Wildman–Crippen MR) is 69.6 cm³/mol. The van der Waals surface area contributed by atoms with Gasteiger partial charge in [0.1, 0.15) is 10.0 Å². The standard InChI is InChI=1S/C11H13N3S2/c1-15-7-9-13-14-11(16-9)10(12)8-5-3-2-4-6-8/h2-6,10H,7,12H2,1H3. The van der Waals surface area contributed by atoms with E-state index in [4.69, 9.17) is 5.73 Å². The molecule has 3 nitrogen and oxygen atoms in total. The van der Waals surface area contributed by atoms with Crippen LogP contribution in [0.4, 0.5) is 0 Å². The van der Waals surface area contributed by atoms with Crippen LogP contribution in [0.15, 0.2) is 30.3 Å². The summed E-state index contributed by atoms with van der Waals surface area (Å²) in [5, 5.41) is 10.2. The third-order valence-corrected chi connectivity index (χ3v) is 3.93. The highest BCUT2D eigenvalue weighted by molar-refractivity contribution is 7.97. The summed E-state index contributed by atoms with van der Waals surface area (Å²) < 4.78 is 0. The quantitative estimate of drug-likeness (QED) is 0.907. The normalized spacial score (nSPS) is 12.6. The van der Waals surface area contributed by atoms with Crippen LogP contribution in [0, 0.1) is 0 Å². The summed E-state index contributed by atoms with van der Waals surface area (Å²) >= 11 is 3.34. The Labute approximate surface area is 103 Å². The Bertz CT molecular complexity index is 442. The summed E-state index contributed by atoms with van der Waals surface area (Å²) in [6.07, 6.45) is 2.05. The van der Waals surface area contributed by atoms with Gasteiger partial charge in [-0.15, -0.1) is 10.2 Å². The van der Waals surface area contributed by atoms with E-state index < -0.39 is 0 Å². The lowest BCUT2D eigenvalue weighted by Crippen LogP contribution is -2.11. The van der Waals surface area contributed by atoms with Gasteiger partial charge in [-0.1, -0.05) is 41.7 Å². The summed E-state index contributed by atoms with van der Waals surface area (Å²) in [5.74, 6) is 0.902. The zero-order chi connectivity index (χ0) is 11.4. The summed E-state index contributed by atoms with van der Waals surface area (Å²) in [7, 11) is 0. The van der Waals surface area contributed by atoms with Crippen molar-refractivity contribution in [1.82, 2.24) is 10.2 Å². The molecule has 2 N–H and O–H groups in total. The minimum atomic E-state index is -0.158. The third kappa shape index (κ3) is 2.61. The van der Waals surface area contributed by atoms with Crippen molar-refractivity contribution in [3.05, 3.63) is 45.9 Å². The maximum atomic E-state index is 6.13. The van der Waals surface area contributed by atoms with Crippen LogP contribution in [0.1, 0.15) is 21.6 Å². The summed E-state index contributed by atoms with van der Waals surface area (Å²) in [4.78, 5) is 0. The van der Waals surface area contributed by atoms with Gasteiger partial charge in [0.25, 0.3) is 0 Å². The van der Waals surface area contributed by atoms with Gasteiger partial charge in [-0.3, -0.25) is 0 Å². The topological polar surface area (TPSA) is 51.8 Å². The molecule has 0 bridgehead atoms. The second-order valence-corrected chi connectivity index (χ2v) is 5.32. The van der Waals surface area contributed by atoms with E-state index in [9.17, 15) is 0 Å². The number of rotatable bonds is 4. The molecule has 16 heavy (non-hydrogen) atoms. The van der Waals surface area contributed by atoms with Crippen molar-refractivity contribution in [1.29, 1.82) is 0 Å². The van der Waals surface area contributed by atoms with Crippen molar-refractivity contribution in [2.75, 3.05) is 6.26 Å². The maximum absolute atomic E-state index is 6.13. The van der Waals surface area contributed by atoms with Gasteiger partial charge >= 0.3 is 0 Å². The second kappa shape index (κ2) is 5.43. The first kappa shape index (κ1) is 11.6. The molecule has 84 valence electrons. The van der Waals surface area contributed by atoms with Crippen LogP contribution >= 0.6 is 23.1 Å². The van der Waals surface area contributed by atoms with Crippen LogP contribution in [0.3, 0.4) is 0 Å². The first-order valence-corrected chi connectivity index (χ1v) is 7.14. The fraction of sp³-hybridized carbons (Fsp3) is 0.273. The third-order valence-electron chi connectivity index (χ3n) is 2.18. The Kier molecular flexibility index (Phi) is 3.93. The van der Waals surface area contributed by atoms with Crippen LogP contribution in [0.25, 0.3) is 0 Å². The van der Waals surface area contributed by atoms with E-state index in [-0.39, 0.29) is 6.04 Å². The van der Waals surface area contributed by atoms with E-state index in [2.05, 4.69) is 16.5 Å². The Hall–Kier alpha value is -0.910. The largest absolute Gasteiger partial charge is 0.318 e. The number of hydrogen-bond acceptors (Lipinski definition) is 5. The molecule has 0 radical (unpaired) electrons. The number of nitrogens with two attached hydrogens (primary N) is 1. The molecule has 1 aromatic heterocycles. The Balaban J connectivity index is 2.17. The van der Waals surface area contributed by atoms with E-state index in [0.717, 1.165) is 21.3 Å². The summed E-state index contributed by atoms with van der Waals surface area (Å²) in [5.41, 5.74) is 7.21. The number of hydrogen-bond donors (Lipinski definition) is 1. The Morgan fingerprint density at radius 2 is 2.06 bits per heavy atom. The lowest BCUT2D eigenvalue weighted by Gasteiger charge is -2.06. The smallest absolute Gasteiger partial charge is 0.138 e. The van der Waals surface area contributed by atoms with Gasteiger partial charge in [0.2, 0.25) is 0 Å². The molecule has 0 fully saturated rings. The maximum Gasteiger partial charge on any atom is 0.138 e. The zero-order valence-corrected chi connectivity index (χ0v) is 10.6. The second-order valence-electron chi connectivity index (χ2n) is 3.36. The van der Waals surface area contributed by atoms with Gasteiger partial charge in [0.05, 0.1) is 6.04 Å². The minimum absolute atomic E-state index is 0.158. The zero-order valence-electron chi connectivity index (χ0n) is 8.96. The lowest BCUT2D eigenvalue weighted by molar-refractivity contribution is 0.826. The molecular formula is C11H13N3S2. The van der Waals surface area contributed by atoms with E-state index in [1.807, 2.05) is 30.3 Å². The van der Waals surface area contributed by atoms with E-state index in [1.54, 1.807) is 23.1 Å². The molecule has 0 aliphatic carbocycles. The monoisotopic (exact) mass is 251 g/mol. The average Bonchev–Trinajstić information content (AvgIpc) is 2.78. The van der Waals surface area contributed by atoms with Crippen LogP contribution in [-0.4, -0.2) is 16.5 Å². The molecule has 2 rings (SSSR count).